The van der Waals surface area contributed by atoms with Crippen molar-refractivity contribution in [2.45, 2.75) is 0 Å². The molecule has 0 fully saturated rings. The van der Waals surface area contributed by atoms with E-state index in [-0.39, 0.29) is 18.4 Å². The van der Waals surface area contributed by atoms with Gasteiger partial charge in [0.2, 0.25) is 5.91 Å². The highest BCUT2D eigenvalue weighted by atomic mass is 79.9. The number of nitrogens with zero attached hydrogens (tertiary/aromatic N) is 1. The second kappa shape index (κ2) is 7.50. The molecule has 0 spiro atoms. The molecule has 18 heavy (non-hydrogen) atoms. The summed E-state index contributed by atoms with van der Waals surface area (Å²) < 4.78 is 5.71. The number of hydrogen-bond donors (Lipinski definition) is 1. The van der Waals surface area contributed by atoms with E-state index < -0.39 is 0 Å². The van der Waals surface area contributed by atoms with Gasteiger partial charge in [0.1, 0.15) is 0 Å². The summed E-state index contributed by atoms with van der Waals surface area (Å²) >= 11 is 4.64. The lowest BCUT2D eigenvalue weighted by molar-refractivity contribution is -0.121. The summed E-state index contributed by atoms with van der Waals surface area (Å²) in [4.78, 5) is 25.4. The monoisotopic (exact) mass is 334 g/mol. The molecule has 0 aromatic carbocycles. The van der Waals surface area contributed by atoms with Crippen LogP contribution in [0.4, 0.5) is 0 Å². The lowest BCUT2D eigenvalue weighted by Crippen LogP contribution is -2.39. The Labute approximate surface area is 118 Å². The summed E-state index contributed by atoms with van der Waals surface area (Å²) in [5, 5.41) is 2.66. The molecular weight excluding hydrogens is 320 g/mol. The van der Waals surface area contributed by atoms with Crippen molar-refractivity contribution in [2.24, 2.45) is 0 Å². The van der Waals surface area contributed by atoms with Crippen LogP contribution < -0.4 is 5.32 Å². The molecule has 0 aliphatic carbocycles. The first kappa shape index (κ1) is 15.1. The fourth-order valence-electron chi connectivity index (χ4n) is 1.25. The normalized spacial score (nSPS) is 10.2. The van der Waals surface area contributed by atoms with Crippen LogP contribution in [-0.2, 0) is 9.53 Å². The number of hydrogen-bond acceptors (Lipinski definition) is 4. The summed E-state index contributed by atoms with van der Waals surface area (Å²) in [6, 6.07) is 3.54. The van der Waals surface area contributed by atoms with Crippen molar-refractivity contribution in [3.63, 3.8) is 0 Å². The van der Waals surface area contributed by atoms with Gasteiger partial charge in [0.05, 0.1) is 21.8 Å². The van der Waals surface area contributed by atoms with E-state index in [0.717, 1.165) is 3.79 Å². The molecule has 5 nitrogen and oxygen atoms in total. The van der Waals surface area contributed by atoms with Crippen molar-refractivity contribution in [3.05, 3.63) is 20.8 Å². The smallest absolute Gasteiger partial charge is 0.264 e. The van der Waals surface area contributed by atoms with E-state index in [1.807, 2.05) is 6.07 Å². The minimum Gasteiger partial charge on any atom is -0.383 e. The van der Waals surface area contributed by atoms with Crippen LogP contribution in [0.25, 0.3) is 0 Å². The minimum absolute atomic E-state index is 0.0397. The number of rotatable bonds is 6. The SMILES string of the molecule is COCCNC(=O)CN(C)C(=O)c1ccc(Br)s1. The topological polar surface area (TPSA) is 58.6 Å². The van der Waals surface area contributed by atoms with E-state index >= 15 is 0 Å². The van der Waals surface area contributed by atoms with Gasteiger partial charge < -0.3 is 15.0 Å². The third kappa shape index (κ3) is 4.75. The number of halogens is 1. The van der Waals surface area contributed by atoms with Crippen molar-refractivity contribution in [1.82, 2.24) is 10.2 Å². The van der Waals surface area contributed by atoms with Crippen molar-refractivity contribution in [2.75, 3.05) is 33.9 Å². The Balaban J connectivity index is 2.42. The Morgan fingerprint density at radius 1 is 1.50 bits per heavy atom. The Morgan fingerprint density at radius 2 is 2.22 bits per heavy atom. The molecule has 1 rings (SSSR count). The molecule has 1 aromatic heterocycles. The molecule has 0 unspecified atom stereocenters. The zero-order chi connectivity index (χ0) is 13.5. The van der Waals surface area contributed by atoms with Crippen molar-refractivity contribution < 1.29 is 14.3 Å². The number of methoxy groups -OCH3 is 1. The highest BCUT2D eigenvalue weighted by Gasteiger charge is 2.16. The lowest BCUT2D eigenvalue weighted by atomic mass is 10.4. The van der Waals surface area contributed by atoms with Crippen LogP contribution in [0.5, 0.6) is 0 Å². The van der Waals surface area contributed by atoms with Gasteiger partial charge >= 0.3 is 0 Å². The van der Waals surface area contributed by atoms with Gasteiger partial charge in [-0.1, -0.05) is 0 Å². The van der Waals surface area contributed by atoms with Crippen LogP contribution in [0.3, 0.4) is 0 Å². The van der Waals surface area contributed by atoms with Crippen molar-refractivity contribution >= 4 is 39.1 Å². The third-order valence-electron chi connectivity index (χ3n) is 2.14. The van der Waals surface area contributed by atoms with Crippen LogP contribution in [0.2, 0.25) is 0 Å². The maximum Gasteiger partial charge on any atom is 0.264 e. The van der Waals surface area contributed by atoms with Gasteiger partial charge in [0.25, 0.3) is 5.91 Å². The highest BCUT2D eigenvalue weighted by Crippen LogP contribution is 2.22. The average Bonchev–Trinajstić information content (AvgIpc) is 2.75. The maximum absolute atomic E-state index is 11.9. The van der Waals surface area contributed by atoms with E-state index in [9.17, 15) is 9.59 Å². The molecule has 0 saturated carbocycles. The van der Waals surface area contributed by atoms with Gasteiger partial charge in [0, 0.05) is 20.7 Å². The number of carbonyl (C=O) groups excluding carboxylic acids is 2. The molecule has 0 atom stereocenters. The summed E-state index contributed by atoms with van der Waals surface area (Å²) in [6.45, 7) is 0.946. The molecule has 2 amide bonds. The average molecular weight is 335 g/mol. The second-order valence-electron chi connectivity index (χ2n) is 3.61. The Morgan fingerprint density at radius 3 is 2.78 bits per heavy atom. The van der Waals surface area contributed by atoms with Crippen LogP contribution >= 0.6 is 27.3 Å². The van der Waals surface area contributed by atoms with E-state index in [0.29, 0.717) is 18.0 Å². The van der Waals surface area contributed by atoms with E-state index in [4.69, 9.17) is 4.74 Å². The van der Waals surface area contributed by atoms with Gasteiger partial charge in [-0.3, -0.25) is 9.59 Å². The summed E-state index contributed by atoms with van der Waals surface area (Å²) in [6.07, 6.45) is 0. The van der Waals surface area contributed by atoms with Crippen LogP contribution in [0.15, 0.2) is 15.9 Å². The number of thiophene rings is 1. The Kier molecular flexibility index (Phi) is 6.31. The predicted molar refractivity (Wildman–Crippen MR) is 73.9 cm³/mol. The van der Waals surface area contributed by atoms with Gasteiger partial charge in [-0.15, -0.1) is 11.3 Å². The molecule has 100 valence electrons. The van der Waals surface area contributed by atoms with Gasteiger partial charge in [-0.05, 0) is 28.1 Å². The van der Waals surface area contributed by atoms with Crippen LogP contribution in [-0.4, -0.2) is 50.6 Å². The molecule has 1 aromatic rings. The fraction of sp³-hybridized carbons (Fsp3) is 0.455. The fourth-order valence-corrected chi connectivity index (χ4v) is 2.63. The van der Waals surface area contributed by atoms with Crippen molar-refractivity contribution in [3.8, 4) is 0 Å². The van der Waals surface area contributed by atoms with E-state index in [1.165, 1.54) is 16.2 Å². The molecule has 7 heteroatoms. The molecule has 0 aliphatic heterocycles. The molecular formula is C11H15BrN2O3S. The summed E-state index contributed by atoms with van der Waals surface area (Å²) in [5.74, 6) is -0.355. The number of ether oxygens (including phenoxy) is 1. The minimum atomic E-state index is -0.196. The van der Waals surface area contributed by atoms with E-state index in [1.54, 1.807) is 20.2 Å². The molecule has 0 saturated heterocycles. The third-order valence-corrected chi connectivity index (χ3v) is 3.75. The van der Waals surface area contributed by atoms with E-state index in [2.05, 4.69) is 21.2 Å². The first-order valence-corrected chi connectivity index (χ1v) is 6.92. The zero-order valence-corrected chi connectivity index (χ0v) is 12.6. The van der Waals surface area contributed by atoms with Gasteiger partial charge in [-0.2, -0.15) is 0 Å². The molecule has 1 N–H and O–H groups in total. The number of amides is 2. The standard InChI is InChI=1S/C11H15BrN2O3S/c1-14(7-10(15)13-5-6-17-2)11(16)8-3-4-9(12)18-8/h3-4H,5-7H2,1-2H3,(H,13,15). The Bertz CT molecular complexity index is 422. The zero-order valence-electron chi connectivity index (χ0n) is 10.2. The largest absolute Gasteiger partial charge is 0.383 e. The van der Waals surface area contributed by atoms with Gasteiger partial charge in [-0.25, -0.2) is 0 Å². The van der Waals surface area contributed by atoms with Crippen molar-refractivity contribution in [1.29, 1.82) is 0 Å². The summed E-state index contributed by atoms with van der Waals surface area (Å²) in [7, 11) is 3.17. The number of carbonyl (C=O) groups is 2. The second-order valence-corrected chi connectivity index (χ2v) is 6.07. The number of likely N-dealkylation sites (N-methyl/N-ethyl adjacent to an activating group) is 1. The van der Waals surface area contributed by atoms with Gasteiger partial charge in [0.15, 0.2) is 0 Å². The maximum atomic E-state index is 11.9. The summed E-state index contributed by atoms with van der Waals surface area (Å²) in [5.41, 5.74) is 0. The Hall–Kier alpha value is -0.920. The molecule has 1 heterocycles. The highest BCUT2D eigenvalue weighted by molar-refractivity contribution is 9.11. The molecule has 0 bridgehead atoms. The first-order valence-electron chi connectivity index (χ1n) is 5.31. The van der Waals surface area contributed by atoms with Crippen LogP contribution in [0.1, 0.15) is 9.67 Å². The molecule has 0 aliphatic rings. The first-order chi connectivity index (χ1) is 8.54. The molecule has 0 radical (unpaired) electrons. The quantitative estimate of drug-likeness (QED) is 0.799. The lowest BCUT2D eigenvalue weighted by Gasteiger charge is -2.15. The van der Waals surface area contributed by atoms with Crippen LogP contribution in [0, 0.1) is 0 Å². The predicted octanol–water partition coefficient (Wildman–Crippen LogP) is 1.35. The number of nitrogens with one attached hydrogen (secondary N) is 1.